The third kappa shape index (κ3) is 4.46. The second-order valence-corrected chi connectivity index (χ2v) is 6.29. The lowest BCUT2D eigenvalue weighted by atomic mass is 10.1. The summed E-state index contributed by atoms with van der Waals surface area (Å²) in [5, 5.41) is 0.112. The molecule has 0 aliphatic rings. The summed E-state index contributed by atoms with van der Waals surface area (Å²) in [6.45, 7) is 0.723. The highest BCUT2D eigenvalue weighted by molar-refractivity contribution is 6.33. The molecule has 0 atom stereocenters. The number of halogens is 2. The van der Waals surface area contributed by atoms with Crippen LogP contribution in [0.3, 0.4) is 0 Å². The van der Waals surface area contributed by atoms with Crippen molar-refractivity contribution in [1.29, 1.82) is 0 Å². The van der Waals surface area contributed by atoms with Crippen LogP contribution in [0.2, 0.25) is 5.02 Å². The van der Waals surface area contributed by atoms with Gasteiger partial charge >= 0.3 is 0 Å². The zero-order valence-electron chi connectivity index (χ0n) is 14.1. The highest BCUT2D eigenvalue weighted by atomic mass is 35.5. The van der Waals surface area contributed by atoms with E-state index >= 15 is 0 Å². The fraction of sp³-hybridized carbons (Fsp3) is 0.143. The van der Waals surface area contributed by atoms with Crippen LogP contribution in [0.4, 0.5) is 4.39 Å². The third-order valence-electron chi connectivity index (χ3n) is 4.06. The molecule has 0 fully saturated rings. The molecule has 1 amide bonds. The lowest BCUT2D eigenvalue weighted by Gasteiger charge is -2.23. The summed E-state index contributed by atoms with van der Waals surface area (Å²) < 4.78 is 14.2. The van der Waals surface area contributed by atoms with Gasteiger partial charge in [0.15, 0.2) is 0 Å². The Balaban J connectivity index is 1.85. The number of amides is 1. The maximum absolute atomic E-state index is 14.2. The van der Waals surface area contributed by atoms with Crippen LogP contribution < -0.4 is 0 Å². The minimum atomic E-state index is -0.617. The van der Waals surface area contributed by atoms with Crippen molar-refractivity contribution in [2.45, 2.75) is 13.0 Å². The van der Waals surface area contributed by atoms with Crippen molar-refractivity contribution in [3.05, 3.63) is 101 Å². The van der Waals surface area contributed by atoms with Gasteiger partial charge < -0.3 is 4.90 Å². The number of benzene rings is 2. The van der Waals surface area contributed by atoms with Crippen molar-refractivity contribution >= 4 is 17.5 Å². The van der Waals surface area contributed by atoms with E-state index in [1.54, 1.807) is 11.1 Å². The number of rotatable bonds is 6. The maximum Gasteiger partial charge on any atom is 0.258 e. The molecule has 0 N–H and O–H groups in total. The zero-order chi connectivity index (χ0) is 18.4. The van der Waals surface area contributed by atoms with Crippen molar-refractivity contribution in [1.82, 2.24) is 9.88 Å². The summed E-state index contributed by atoms with van der Waals surface area (Å²) in [4.78, 5) is 18.8. The van der Waals surface area contributed by atoms with Gasteiger partial charge in [0.2, 0.25) is 0 Å². The molecule has 0 saturated carbocycles. The molecule has 0 bridgehead atoms. The van der Waals surface area contributed by atoms with E-state index in [2.05, 4.69) is 4.98 Å². The summed E-state index contributed by atoms with van der Waals surface area (Å²) in [7, 11) is 0. The maximum atomic E-state index is 14.2. The van der Waals surface area contributed by atoms with Gasteiger partial charge in [0.1, 0.15) is 5.82 Å². The smallest absolute Gasteiger partial charge is 0.258 e. The van der Waals surface area contributed by atoms with Crippen LogP contribution in [0.15, 0.2) is 72.9 Å². The Bertz CT molecular complexity index is 851. The molecule has 0 unspecified atom stereocenters. The van der Waals surface area contributed by atoms with E-state index in [0.717, 1.165) is 11.3 Å². The number of pyridine rings is 1. The van der Waals surface area contributed by atoms with Gasteiger partial charge in [-0.2, -0.15) is 0 Å². The first kappa shape index (κ1) is 18.1. The van der Waals surface area contributed by atoms with Crippen molar-refractivity contribution in [3.8, 4) is 0 Å². The summed E-state index contributed by atoms with van der Waals surface area (Å²) >= 11 is 6.09. The number of aromatic nitrogens is 1. The van der Waals surface area contributed by atoms with Gasteiger partial charge in [-0.15, -0.1) is 0 Å². The Hall–Kier alpha value is -2.72. The van der Waals surface area contributed by atoms with E-state index in [0.29, 0.717) is 13.0 Å². The zero-order valence-corrected chi connectivity index (χ0v) is 14.9. The molecule has 0 saturated heterocycles. The number of nitrogens with zero attached hydrogens (tertiary/aromatic N) is 2. The second kappa shape index (κ2) is 8.59. The van der Waals surface area contributed by atoms with E-state index in [1.165, 1.54) is 18.2 Å². The van der Waals surface area contributed by atoms with Crippen LogP contribution >= 0.6 is 11.6 Å². The number of carbonyl (C=O) groups is 1. The molecule has 2 aromatic carbocycles. The van der Waals surface area contributed by atoms with Crippen molar-refractivity contribution in [3.63, 3.8) is 0 Å². The van der Waals surface area contributed by atoms with Gasteiger partial charge in [0.05, 0.1) is 22.8 Å². The van der Waals surface area contributed by atoms with Gasteiger partial charge in [-0.3, -0.25) is 9.78 Å². The normalized spacial score (nSPS) is 10.5. The highest BCUT2D eigenvalue weighted by Gasteiger charge is 2.22. The Kier molecular flexibility index (Phi) is 5.97. The second-order valence-electron chi connectivity index (χ2n) is 5.88. The minimum Gasteiger partial charge on any atom is -0.332 e. The van der Waals surface area contributed by atoms with E-state index in [9.17, 15) is 9.18 Å². The average Bonchev–Trinajstić information content (AvgIpc) is 2.66. The Morgan fingerprint density at radius 1 is 1.00 bits per heavy atom. The van der Waals surface area contributed by atoms with Crippen LogP contribution in [0.1, 0.15) is 21.6 Å². The molecular weight excluding hydrogens is 351 g/mol. The van der Waals surface area contributed by atoms with E-state index < -0.39 is 11.7 Å². The SMILES string of the molecule is O=C(c1c(F)cccc1Cl)N(CCc1ccccc1)Cc1ccccn1. The molecule has 3 rings (SSSR count). The van der Waals surface area contributed by atoms with Crippen LogP contribution in [0.5, 0.6) is 0 Å². The molecule has 132 valence electrons. The number of hydrogen-bond acceptors (Lipinski definition) is 2. The van der Waals surface area contributed by atoms with Gasteiger partial charge in [0.25, 0.3) is 5.91 Å². The number of hydrogen-bond donors (Lipinski definition) is 0. The molecular formula is C21H18ClFN2O. The topological polar surface area (TPSA) is 33.2 Å². The van der Waals surface area contributed by atoms with Crippen LogP contribution in [0.25, 0.3) is 0 Å². The van der Waals surface area contributed by atoms with Crippen LogP contribution in [0, 0.1) is 5.82 Å². The first-order valence-corrected chi connectivity index (χ1v) is 8.70. The van der Waals surface area contributed by atoms with Gasteiger partial charge in [-0.05, 0) is 36.2 Å². The summed E-state index contributed by atoms with van der Waals surface area (Å²) in [6.07, 6.45) is 2.33. The van der Waals surface area contributed by atoms with Crippen molar-refractivity contribution in [2.75, 3.05) is 6.54 Å². The standard InChI is InChI=1S/C21H18ClFN2O/c22-18-10-6-11-19(23)20(18)21(26)25(15-17-9-4-5-13-24-17)14-12-16-7-2-1-3-8-16/h1-11,13H,12,14-15H2. The largest absolute Gasteiger partial charge is 0.332 e. The van der Waals surface area contributed by atoms with Gasteiger partial charge in [0, 0.05) is 12.7 Å². The van der Waals surface area contributed by atoms with E-state index in [1.807, 2.05) is 48.5 Å². The number of carbonyl (C=O) groups excluding carboxylic acids is 1. The average molecular weight is 369 g/mol. The lowest BCUT2D eigenvalue weighted by molar-refractivity contribution is 0.0738. The molecule has 1 heterocycles. The first-order valence-electron chi connectivity index (χ1n) is 8.32. The van der Waals surface area contributed by atoms with Crippen molar-refractivity contribution in [2.24, 2.45) is 0 Å². The van der Waals surface area contributed by atoms with Crippen LogP contribution in [-0.2, 0) is 13.0 Å². The molecule has 0 aliphatic heterocycles. The predicted octanol–water partition coefficient (Wildman–Crippen LogP) is 4.76. The Labute approximate surface area is 157 Å². The van der Waals surface area contributed by atoms with E-state index in [-0.39, 0.29) is 17.1 Å². The first-order chi connectivity index (χ1) is 12.6. The molecule has 26 heavy (non-hydrogen) atoms. The van der Waals surface area contributed by atoms with Crippen molar-refractivity contribution < 1.29 is 9.18 Å². The predicted molar refractivity (Wildman–Crippen MR) is 101 cm³/mol. The highest BCUT2D eigenvalue weighted by Crippen LogP contribution is 2.22. The molecule has 3 nitrogen and oxygen atoms in total. The molecule has 1 aromatic heterocycles. The molecule has 0 radical (unpaired) electrons. The van der Waals surface area contributed by atoms with Crippen LogP contribution in [-0.4, -0.2) is 22.3 Å². The minimum absolute atomic E-state index is 0.0989. The molecule has 3 aromatic rings. The lowest BCUT2D eigenvalue weighted by Crippen LogP contribution is -2.33. The molecule has 0 spiro atoms. The summed E-state index contributed by atoms with van der Waals surface area (Å²) in [5.41, 5.74) is 1.74. The summed E-state index contributed by atoms with van der Waals surface area (Å²) in [5.74, 6) is -1.05. The Morgan fingerprint density at radius 2 is 1.77 bits per heavy atom. The molecule has 0 aliphatic carbocycles. The van der Waals surface area contributed by atoms with E-state index in [4.69, 9.17) is 11.6 Å². The quantitative estimate of drug-likeness (QED) is 0.628. The Morgan fingerprint density at radius 3 is 2.46 bits per heavy atom. The third-order valence-corrected chi connectivity index (χ3v) is 4.37. The summed E-state index contributed by atoms with van der Waals surface area (Å²) in [6, 6.07) is 19.6. The monoisotopic (exact) mass is 368 g/mol. The molecule has 5 heteroatoms. The fourth-order valence-electron chi connectivity index (χ4n) is 2.71. The van der Waals surface area contributed by atoms with Gasteiger partial charge in [-0.1, -0.05) is 54.1 Å². The van der Waals surface area contributed by atoms with Gasteiger partial charge in [-0.25, -0.2) is 4.39 Å². The fourth-order valence-corrected chi connectivity index (χ4v) is 2.95.